The lowest BCUT2D eigenvalue weighted by molar-refractivity contribution is 0.102. The van der Waals surface area contributed by atoms with Crippen LogP contribution in [0.5, 0.6) is 11.5 Å². The number of carbonyl (C=O) groups is 1. The van der Waals surface area contributed by atoms with Gasteiger partial charge in [-0.05, 0) is 55.7 Å². The van der Waals surface area contributed by atoms with Crippen LogP contribution in [-0.2, 0) is 12.8 Å². The minimum atomic E-state index is -0.181. The van der Waals surface area contributed by atoms with E-state index in [0.717, 1.165) is 36.3 Å². The molecule has 5 nitrogen and oxygen atoms in total. The van der Waals surface area contributed by atoms with Crippen LogP contribution in [0.2, 0.25) is 0 Å². The number of para-hydroxylation sites is 1. The van der Waals surface area contributed by atoms with E-state index in [1.807, 2.05) is 30.3 Å². The van der Waals surface area contributed by atoms with Gasteiger partial charge in [0.05, 0.1) is 0 Å². The molecule has 0 saturated heterocycles. The highest BCUT2D eigenvalue weighted by Crippen LogP contribution is 2.26. The van der Waals surface area contributed by atoms with Gasteiger partial charge in [-0.2, -0.15) is 0 Å². The average molecular weight is 331 g/mol. The number of benzene rings is 2. The smallest absolute Gasteiger partial charge is 0.256 e. The summed E-state index contributed by atoms with van der Waals surface area (Å²) in [5, 5.41) is 2.90. The van der Waals surface area contributed by atoms with Gasteiger partial charge in [-0.3, -0.25) is 4.79 Å². The minimum absolute atomic E-state index is 0.181. The van der Waals surface area contributed by atoms with Gasteiger partial charge in [-0.25, -0.2) is 9.97 Å². The maximum Gasteiger partial charge on any atom is 0.256 e. The van der Waals surface area contributed by atoms with Crippen molar-refractivity contribution in [1.82, 2.24) is 9.97 Å². The normalized spacial score (nSPS) is 12.5. The first-order valence-corrected chi connectivity index (χ1v) is 8.27. The summed E-state index contributed by atoms with van der Waals surface area (Å²) in [6, 6.07) is 16.6. The average Bonchev–Trinajstić information content (AvgIpc) is 3.13. The summed E-state index contributed by atoms with van der Waals surface area (Å²) in [7, 11) is 0. The maximum absolute atomic E-state index is 12.5. The third kappa shape index (κ3) is 3.35. The fourth-order valence-corrected chi connectivity index (χ4v) is 2.95. The fraction of sp³-hybridized carbons (Fsp3) is 0.150. The highest BCUT2D eigenvalue weighted by Gasteiger charge is 2.18. The minimum Gasteiger partial charge on any atom is -0.457 e. The second-order valence-corrected chi connectivity index (χ2v) is 5.89. The lowest BCUT2D eigenvalue weighted by Gasteiger charge is -2.09. The summed E-state index contributed by atoms with van der Waals surface area (Å²) in [6.45, 7) is 0. The first kappa shape index (κ1) is 15.3. The van der Waals surface area contributed by atoms with Crippen molar-refractivity contribution in [2.75, 3.05) is 5.32 Å². The molecule has 25 heavy (non-hydrogen) atoms. The second-order valence-electron chi connectivity index (χ2n) is 5.89. The van der Waals surface area contributed by atoms with E-state index < -0.39 is 0 Å². The Balaban J connectivity index is 1.47. The standard InChI is InChI=1S/C20H17N3O2/c24-20(23-19-17-7-4-8-18(17)21-13-22-19)14-9-11-16(12-10-14)25-15-5-2-1-3-6-15/h1-3,5-6,9-13H,4,7-8H2,(H,21,22,23,24). The van der Waals surface area contributed by atoms with Crippen molar-refractivity contribution in [2.24, 2.45) is 0 Å². The Kier molecular flexibility index (Phi) is 4.12. The predicted octanol–water partition coefficient (Wildman–Crippen LogP) is 4.01. The molecule has 0 bridgehead atoms. The molecule has 0 unspecified atom stereocenters. The molecule has 124 valence electrons. The molecular formula is C20H17N3O2. The van der Waals surface area contributed by atoms with Crippen LogP contribution in [0.15, 0.2) is 60.9 Å². The van der Waals surface area contributed by atoms with Gasteiger partial charge < -0.3 is 10.1 Å². The van der Waals surface area contributed by atoms with Crippen molar-refractivity contribution in [3.8, 4) is 11.5 Å². The first-order valence-electron chi connectivity index (χ1n) is 8.27. The Morgan fingerprint density at radius 3 is 2.48 bits per heavy atom. The number of fused-ring (bicyclic) bond motifs is 1. The number of nitrogens with one attached hydrogen (secondary N) is 1. The van der Waals surface area contributed by atoms with Crippen LogP contribution in [0.25, 0.3) is 0 Å². The summed E-state index contributed by atoms with van der Waals surface area (Å²) in [6.07, 6.45) is 4.43. The van der Waals surface area contributed by atoms with E-state index in [1.165, 1.54) is 6.33 Å². The van der Waals surface area contributed by atoms with Crippen LogP contribution < -0.4 is 10.1 Å². The maximum atomic E-state index is 12.5. The van der Waals surface area contributed by atoms with Crippen LogP contribution in [0.3, 0.4) is 0 Å². The molecule has 1 heterocycles. The molecule has 0 aliphatic heterocycles. The van der Waals surface area contributed by atoms with E-state index in [2.05, 4.69) is 15.3 Å². The van der Waals surface area contributed by atoms with Crippen LogP contribution in [0.4, 0.5) is 5.82 Å². The van der Waals surface area contributed by atoms with Gasteiger partial charge in [-0.15, -0.1) is 0 Å². The summed E-state index contributed by atoms with van der Waals surface area (Å²) in [5.74, 6) is 1.89. The summed E-state index contributed by atoms with van der Waals surface area (Å²) < 4.78 is 5.74. The Labute approximate surface area is 145 Å². The Hall–Kier alpha value is -3.21. The van der Waals surface area contributed by atoms with Gasteiger partial charge in [0.15, 0.2) is 0 Å². The summed E-state index contributed by atoms with van der Waals surface area (Å²) in [4.78, 5) is 21.0. The SMILES string of the molecule is O=C(Nc1ncnc2c1CCC2)c1ccc(Oc2ccccc2)cc1. The second kappa shape index (κ2) is 6.73. The number of carbonyl (C=O) groups excluding carboxylic acids is 1. The molecule has 3 aromatic rings. The largest absolute Gasteiger partial charge is 0.457 e. The van der Waals surface area contributed by atoms with Gasteiger partial charge in [0.25, 0.3) is 5.91 Å². The van der Waals surface area contributed by atoms with Gasteiger partial charge in [0, 0.05) is 16.8 Å². The Bertz CT molecular complexity index is 893. The molecule has 0 saturated carbocycles. The number of hydrogen-bond donors (Lipinski definition) is 1. The molecule has 4 rings (SSSR count). The molecule has 0 spiro atoms. The lowest BCUT2D eigenvalue weighted by Crippen LogP contribution is -2.14. The molecule has 1 N–H and O–H groups in total. The number of rotatable bonds is 4. The Morgan fingerprint density at radius 1 is 0.920 bits per heavy atom. The molecule has 1 aromatic heterocycles. The van der Waals surface area contributed by atoms with Crippen LogP contribution in [-0.4, -0.2) is 15.9 Å². The highest BCUT2D eigenvalue weighted by atomic mass is 16.5. The number of aromatic nitrogens is 2. The third-order valence-electron chi connectivity index (χ3n) is 4.20. The Morgan fingerprint density at radius 2 is 1.68 bits per heavy atom. The molecule has 1 aliphatic carbocycles. The van der Waals surface area contributed by atoms with Gasteiger partial charge in [0.2, 0.25) is 0 Å². The summed E-state index contributed by atoms with van der Waals surface area (Å²) >= 11 is 0. The van der Waals surface area contributed by atoms with Crippen molar-refractivity contribution in [3.63, 3.8) is 0 Å². The van der Waals surface area contributed by atoms with Gasteiger partial charge in [-0.1, -0.05) is 18.2 Å². The third-order valence-corrected chi connectivity index (χ3v) is 4.20. The van der Waals surface area contributed by atoms with Crippen molar-refractivity contribution < 1.29 is 9.53 Å². The van der Waals surface area contributed by atoms with Crippen molar-refractivity contribution in [3.05, 3.63) is 77.7 Å². The van der Waals surface area contributed by atoms with E-state index in [1.54, 1.807) is 24.3 Å². The van der Waals surface area contributed by atoms with Crippen molar-refractivity contribution >= 4 is 11.7 Å². The summed E-state index contributed by atoms with van der Waals surface area (Å²) in [5.41, 5.74) is 2.66. The number of ether oxygens (including phenoxy) is 1. The van der Waals surface area contributed by atoms with Gasteiger partial charge in [0.1, 0.15) is 23.6 Å². The monoisotopic (exact) mass is 331 g/mol. The van der Waals surface area contributed by atoms with Crippen molar-refractivity contribution in [2.45, 2.75) is 19.3 Å². The van der Waals surface area contributed by atoms with Crippen LogP contribution in [0.1, 0.15) is 28.0 Å². The van der Waals surface area contributed by atoms with Crippen LogP contribution in [0, 0.1) is 0 Å². The quantitative estimate of drug-likeness (QED) is 0.784. The number of amides is 1. The lowest BCUT2D eigenvalue weighted by atomic mass is 10.2. The van der Waals surface area contributed by atoms with E-state index >= 15 is 0 Å². The topological polar surface area (TPSA) is 64.1 Å². The van der Waals surface area contributed by atoms with Gasteiger partial charge >= 0.3 is 0 Å². The zero-order valence-electron chi connectivity index (χ0n) is 13.6. The van der Waals surface area contributed by atoms with E-state index in [0.29, 0.717) is 17.1 Å². The first-order chi connectivity index (χ1) is 12.3. The van der Waals surface area contributed by atoms with E-state index in [9.17, 15) is 4.79 Å². The molecule has 1 aliphatic rings. The highest BCUT2D eigenvalue weighted by molar-refractivity contribution is 6.04. The van der Waals surface area contributed by atoms with Crippen molar-refractivity contribution in [1.29, 1.82) is 0 Å². The molecule has 0 fully saturated rings. The number of aryl methyl sites for hydroxylation is 1. The fourth-order valence-electron chi connectivity index (χ4n) is 2.95. The zero-order valence-corrected chi connectivity index (χ0v) is 13.6. The van der Waals surface area contributed by atoms with Crippen LogP contribution >= 0.6 is 0 Å². The molecule has 0 radical (unpaired) electrons. The zero-order chi connectivity index (χ0) is 17.1. The molecule has 2 aromatic carbocycles. The molecular weight excluding hydrogens is 314 g/mol. The number of nitrogens with zero attached hydrogens (tertiary/aromatic N) is 2. The number of anilines is 1. The van der Waals surface area contributed by atoms with E-state index in [-0.39, 0.29) is 5.91 Å². The van der Waals surface area contributed by atoms with E-state index in [4.69, 9.17) is 4.74 Å². The predicted molar refractivity (Wildman–Crippen MR) is 95.0 cm³/mol. The molecule has 1 amide bonds. The molecule has 0 atom stereocenters. The molecule has 5 heteroatoms. The number of hydrogen-bond acceptors (Lipinski definition) is 4.